The highest BCUT2D eigenvalue weighted by Gasteiger charge is 2.05. The Morgan fingerprint density at radius 3 is 2.80 bits per heavy atom. The van der Waals surface area contributed by atoms with E-state index in [2.05, 4.69) is 12.2 Å². The number of unbranched alkanes of at least 4 members (excludes halogenated alkanes) is 3. The topological polar surface area (TPSA) is 41.5 Å². The molecule has 0 radical (unpaired) electrons. The molecule has 0 saturated carbocycles. The smallest absolute Gasteiger partial charge is 0.0897 e. The van der Waals surface area contributed by atoms with Crippen molar-refractivity contribution >= 4 is 11.6 Å². The van der Waals surface area contributed by atoms with E-state index in [1.54, 1.807) is 0 Å². The van der Waals surface area contributed by atoms with E-state index in [0.29, 0.717) is 24.8 Å². The van der Waals surface area contributed by atoms with Crippen molar-refractivity contribution in [3.63, 3.8) is 0 Å². The predicted octanol–water partition coefficient (Wildman–Crippen LogP) is 3.39. The molecule has 114 valence electrons. The minimum absolute atomic E-state index is 0.327. The second kappa shape index (κ2) is 11.1. The number of halogens is 1. The number of hydrogen-bond acceptors (Lipinski definition) is 3. The Morgan fingerprint density at radius 1 is 1.25 bits per heavy atom. The number of hydrogen-bond donors (Lipinski definition) is 2. The van der Waals surface area contributed by atoms with Gasteiger partial charge < -0.3 is 15.2 Å². The molecule has 0 aliphatic heterocycles. The molecule has 0 amide bonds. The monoisotopic (exact) mass is 299 g/mol. The Balaban J connectivity index is 2.03. The molecular weight excluding hydrogens is 274 g/mol. The van der Waals surface area contributed by atoms with Crippen LogP contribution in [0.4, 0.5) is 0 Å². The maximum Gasteiger partial charge on any atom is 0.0897 e. The van der Waals surface area contributed by atoms with Crippen molar-refractivity contribution in [1.29, 1.82) is 0 Å². The normalized spacial score (nSPS) is 12.6. The van der Waals surface area contributed by atoms with E-state index >= 15 is 0 Å². The standard InChI is InChI=1S/C16H26ClNO2/c1-2-3-4-7-10-18-11-15(19)13-20-12-14-8-5-6-9-16(14)17/h5-6,8-9,15,18-19H,2-4,7,10-13H2,1H3. The highest BCUT2D eigenvalue weighted by Crippen LogP contribution is 2.15. The Labute approximate surface area is 127 Å². The third-order valence-corrected chi connectivity index (χ3v) is 3.48. The van der Waals surface area contributed by atoms with Crippen LogP contribution in [0.5, 0.6) is 0 Å². The molecule has 3 nitrogen and oxygen atoms in total. The van der Waals surface area contributed by atoms with E-state index < -0.39 is 6.10 Å². The summed E-state index contributed by atoms with van der Waals surface area (Å²) in [6.45, 7) is 4.50. The van der Waals surface area contributed by atoms with E-state index in [-0.39, 0.29) is 0 Å². The zero-order valence-electron chi connectivity index (χ0n) is 12.3. The number of benzene rings is 1. The van der Waals surface area contributed by atoms with E-state index in [9.17, 15) is 5.11 Å². The van der Waals surface area contributed by atoms with Crippen molar-refractivity contribution in [3.05, 3.63) is 34.9 Å². The van der Waals surface area contributed by atoms with Gasteiger partial charge in [0, 0.05) is 11.6 Å². The third kappa shape index (κ3) is 7.85. The molecule has 0 spiro atoms. The van der Waals surface area contributed by atoms with Crippen LogP contribution in [0.1, 0.15) is 38.2 Å². The molecule has 0 heterocycles. The molecule has 0 aromatic heterocycles. The van der Waals surface area contributed by atoms with Crippen LogP contribution >= 0.6 is 11.6 Å². The summed E-state index contributed by atoms with van der Waals surface area (Å²) in [5, 5.41) is 13.7. The lowest BCUT2D eigenvalue weighted by Crippen LogP contribution is -2.31. The first-order valence-corrected chi connectivity index (χ1v) is 7.81. The summed E-state index contributed by atoms with van der Waals surface area (Å²) in [7, 11) is 0. The quantitative estimate of drug-likeness (QED) is 0.616. The van der Waals surface area contributed by atoms with E-state index in [0.717, 1.165) is 12.1 Å². The fourth-order valence-corrected chi connectivity index (χ4v) is 2.12. The maximum atomic E-state index is 9.78. The lowest BCUT2D eigenvalue weighted by Gasteiger charge is -2.13. The molecule has 1 aromatic rings. The van der Waals surface area contributed by atoms with Gasteiger partial charge in [0.05, 0.1) is 19.3 Å². The highest BCUT2D eigenvalue weighted by molar-refractivity contribution is 6.31. The molecule has 4 heteroatoms. The molecule has 2 N–H and O–H groups in total. The Bertz CT molecular complexity index is 360. The second-order valence-corrected chi connectivity index (χ2v) is 5.43. The van der Waals surface area contributed by atoms with Crippen molar-refractivity contribution in [2.24, 2.45) is 0 Å². The fraction of sp³-hybridized carbons (Fsp3) is 0.625. The summed E-state index contributed by atoms with van der Waals surface area (Å²) in [6, 6.07) is 7.59. The van der Waals surface area contributed by atoms with Crippen LogP contribution in [-0.2, 0) is 11.3 Å². The molecule has 1 aromatic carbocycles. The van der Waals surface area contributed by atoms with E-state index in [4.69, 9.17) is 16.3 Å². The Kier molecular flexibility index (Phi) is 9.67. The maximum absolute atomic E-state index is 9.78. The van der Waals surface area contributed by atoms with E-state index in [1.165, 1.54) is 25.7 Å². The van der Waals surface area contributed by atoms with Crippen molar-refractivity contribution in [2.75, 3.05) is 19.7 Å². The van der Waals surface area contributed by atoms with Crippen molar-refractivity contribution in [1.82, 2.24) is 5.32 Å². The predicted molar refractivity (Wildman–Crippen MR) is 84.1 cm³/mol. The van der Waals surface area contributed by atoms with Gasteiger partial charge in [-0.2, -0.15) is 0 Å². The summed E-state index contributed by atoms with van der Waals surface area (Å²) in [5.41, 5.74) is 0.953. The fourth-order valence-electron chi connectivity index (χ4n) is 1.92. The average molecular weight is 300 g/mol. The average Bonchev–Trinajstić information content (AvgIpc) is 2.45. The zero-order valence-corrected chi connectivity index (χ0v) is 13.0. The molecule has 0 aliphatic rings. The summed E-state index contributed by atoms with van der Waals surface area (Å²) in [6.07, 6.45) is 4.48. The van der Waals surface area contributed by atoms with Crippen LogP contribution < -0.4 is 5.32 Å². The van der Waals surface area contributed by atoms with Gasteiger partial charge in [-0.25, -0.2) is 0 Å². The van der Waals surface area contributed by atoms with E-state index in [1.807, 2.05) is 24.3 Å². The van der Waals surface area contributed by atoms with Gasteiger partial charge in [-0.3, -0.25) is 0 Å². The number of aliphatic hydroxyl groups excluding tert-OH is 1. The molecule has 1 rings (SSSR count). The second-order valence-electron chi connectivity index (χ2n) is 5.03. The minimum atomic E-state index is -0.469. The largest absolute Gasteiger partial charge is 0.389 e. The van der Waals surface area contributed by atoms with Crippen molar-refractivity contribution in [2.45, 2.75) is 45.3 Å². The van der Waals surface area contributed by atoms with Crippen LogP contribution in [-0.4, -0.2) is 30.9 Å². The molecule has 0 fully saturated rings. The molecule has 20 heavy (non-hydrogen) atoms. The van der Waals surface area contributed by atoms with Crippen molar-refractivity contribution < 1.29 is 9.84 Å². The first-order chi connectivity index (χ1) is 9.74. The molecule has 1 unspecified atom stereocenters. The van der Waals surface area contributed by atoms with Gasteiger partial charge in [0.1, 0.15) is 0 Å². The number of nitrogens with one attached hydrogen (secondary N) is 1. The molecule has 1 atom stereocenters. The first-order valence-electron chi connectivity index (χ1n) is 7.44. The SMILES string of the molecule is CCCCCCNCC(O)COCc1ccccc1Cl. The van der Waals surface area contributed by atoms with Gasteiger partial charge in [0.15, 0.2) is 0 Å². The highest BCUT2D eigenvalue weighted by atomic mass is 35.5. The molecule has 0 bridgehead atoms. The molecule has 0 aliphatic carbocycles. The van der Waals surface area contributed by atoms with Gasteiger partial charge in [-0.15, -0.1) is 0 Å². The van der Waals surface area contributed by atoms with Gasteiger partial charge in [0.25, 0.3) is 0 Å². The molecular formula is C16H26ClNO2. The van der Waals surface area contributed by atoms with Gasteiger partial charge in [0.2, 0.25) is 0 Å². The minimum Gasteiger partial charge on any atom is -0.389 e. The summed E-state index contributed by atoms with van der Waals surface area (Å²) < 4.78 is 5.48. The van der Waals surface area contributed by atoms with Gasteiger partial charge in [-0.05, 0) is 24.6 Å². The Morgan fingerprint density at radius 2 is 2.05 bits per heavy atom. The Hall–Kier alpha value is -0.610. The lowest BCUT2D eigenvalue weighted by atomic mass is 10.2. The molecule has 0 saturated heterocycles. The van der Waals surface area contributed by atoms with Gasteiger partial charge >= 0.3 is 0 Å². The van der Waals surface area contributed by atoms with Crippen LogP contribution in [0.2, 0.25) is 5.02 Å². The summed E-state index contributed by atoms with van der Waals surface area (Å²) >= 11 is 6.03. The lowest BCUT2D eigenvalue weighted by molar-refractivity contribution is 0.0289. The zero-order chi connectivity index (χ0) is 14.6. The summed E-state index contributed by atoms with van der Waals surface area (Å²) in [4.78, 5) is 0. The number of aliphatic hydroxyl groups is 1. The number of ether oxygens (including phenoxy) is 1. The number of rotatable bonds is 11. The van der Waals surface area contributed by atoms with Crippen LogP contribution in [0.25, 0.3) is 0 Å². The van der Waals surface area contributed by atoms with Crippen LogP contribution in [0.15, 0.2) is 24.3 Å². The van der Waals surface area contributed by atoms with Crippen LogP contribution in [0.3, 0.4) is 0 Å². The van der Waals surface area contributed by atoms with Gasteiger partial charge in [-0.1, -0.05) is 56.0 Å². The summed E-state index contributed by atoms with van der Waals surface area (Å²) in [5.74, 6) is 0. The first kappa shape index (κ1) is 17.4. The van der Waals surface area contributed by atoms with Crippen LogP contribution in [0, 0.1) is 0 Å². The van der Waals surface area contributed by atoms with Crippen molar-refractivity contribution in [3.8, 4) is 0 Å². The third-order valence-electron chi connectivity index (χ3n) is 3.11.